The second-order valence-corrected chi connectivity index (χ2v) is 6.89. The molecule has 5 heteroatoms. The number of rotatable bonds is 6. The topological polar surface area (TPSA) is 59.4 Å². The first-order valence-electron chi connectivity index (χ1n) is 9.07. The van der Waals surface area contributed by atoms with Crippen LogP contribution in [-0.4, -0.2) is 29.1 Å². The highest BCUT2D eigenvalue weighted by Crippen LogP contribution is 2.24. The van der Waals surface area contributed by atoms with Gasteiger partial charge in [0.1, 0.15) is 5.75 Å². The van der Waals surface area contributed by atoms with Gasteiger partial charge in [-0.15, -0.1) is 0 Å². The van der Waals surface area contributed by atoms with E-state index in [4.69, 9.17) is 4.74 Å². The average molecular weight is 363 g/mol. The molecule has 1 aromatic heterocycles. The Morgan fingerprint density at radius 1 is 1.11 bits per heavy atom. The summed E-state index contributed by atoms with van der Waals surface area (Å²) >= 11 is 0. The summed E-state index contributed by atoms with van der Waals surface area (Å²) in [6.45, 7) is 6.81. The summed E-state index contributed by atoms with van der Waals surface area (Å²) in [7, 11) is 1.64. The van der Waals surface area contributed by atoms with E-state index < -0.39 is 0 Å². The normalized spacial score (nSPS) is 11.8. The molecule has 5 nitrogen and oxygen atoms in total. The molecule has 27 heavy (non-hydrogen) atoms. The van der Waals surface area contributed by atoms with Gasteiger partial charge in [0.15, 0.2) is 0 Å². The van der Waals surface area contributed by atoms with E-state index >= 15 is 0 Å². The molecular weight excluding hydrogens is 338 g/mol. The number of aromatic nitrogens is 2. The third-order valence-corrected chi connectivity index (χ3v) is 4.34. The first kappa shape index (κ1) is 18.7. The molecule has 2 aromatic carbocycles. The monoisotopic (exact) mass is 363 g/mol. The summed E-state index contributed by atoms with van der Waals surface area (Å²) in [6, 6.07) is 17.2. The average Bonchev–Trinajstić information content (AvgIpc) is 3.04. The summed E-state index contributed by atoms with van der Waals surface area (Å²) < 4.78 is 6.82. The highest BCUT2D eigenvalue weighted by molar-refractivity contribution is 6.03. The van der Waals surface area contributed by atoms with Gasteiger partial charge in [-0.3, -0.25) is 14.9 Å². The molecule has 140 valence electrons. The number of nitrogens with one attached hydrogen (secondary N) is 1. The molecule has 3 aromatic rings. The van der Waals surface area contributed by atoms with Crippen molar-refractivity contribution in [2.45, 2.75) is 20.8 Å². The molecule has 0 spiro atoms. The Hall–Kier alpha value is -3.08. The van der Waals surface area contributed by atoms with Crippen LogP contribution in [-0.2, 0) is 0 Å². The van der Waals surface area contributed by atoms with Crippen molar-refractivity contribution >= 4 is 5.71 Å². The van der Waals surface area contributed by atoms with E-state index in [1.54, 1.807) is 11.8 Å². The molecule has 0 saturated carbocycles. The van der Waals surface area contributed by atoms with Crippen LogP contribution >= 0.6 is 0 Å². The van der Waals surface area contributed by atoms with Gasteiger partial charge in [-0.05, 0) is 49.2 Å². The molecule has 3 rings (SSSR count). The van der Waals surface area contributed by atoms with E-state index in [2.05, 4.69) is 23.9 Å². The summed E-state index contributed by atoms with van der Waals surface area (Å²) in [6.07, 6.45) is 0. The van der Waals surface area contributed by atoms with Crippen LogP contribution in [0.3, 0.4) is 0 Å². The number of ether oxygens (including phenoxy) is 1. The lowest BCUT2D eigenvalue weighted by atomic mass is 10.0. The van der Waals surface area contributed by atoms with Crippen molar-refractivity contribution < 1.29 is 4.74 Å². The van der Waals surface area contributed by atoms with Gasteiger partial charge in [-0.2, -0.15) is 0 Å². The Morgan fingerprint density at radius 3 is 2.37 bits per heavy atom. The number of H-pyrrole nitrogens is 1. The van der Waals surface area contributed by atoms with Crippen molar-refractivity contribution in [3.05, 3.63) is 70.5 Å². The van der Waals surface area contributed by atoms with Crippen molar-refractivity contribution in [2.75, 3.05) is 13.7 Å². The predicted octanol–water partition coefficient (Wildman–Crippen LogP) is 4.31. The van der Waals surface area contributed by atoms with E-state index in [1.165, 1.54) is 0 Å². The Balaban J connectivity index is 2.17. The summed E-state index contributed by atoms with van der Waals surface area (Å²) in [5.74, 6) is 1.20. The molecule has 0 bridgehead atoms. The minimum Gasteiger partial charge on any atom is -0.497 e. The summed E-state index contributed by atoms with van der Waals surface area (Å²) in [5.41, 5.74) is 3.71. The predicted molar refractivity (Wildman–Crippen MR) is 110 cm³/mol. The molecule has 0 fully saturated rings. The molecule has 1 N–H and O–H groups in total. The van der Waals surface area contributed by atoms with Gasteiger partial charge in [0, 0.05) is 17.8 Å². The lowest BCUT2D eigenvalue weighted by Crippen LogP contribution is -2.20. The molecule has 0 aliphatic heterocycles. The van der Waals surface area contributed by atoms with E-state index in [1.807, 2.05) is 61.5 Å². The van der Waals surface area contributed by atoms with Gasteiger partial charge in [0.25, 0.3) is 5.56 Å². The standard InChI is InChI=1S/C22H25N3O2/c1-15(2)14-23-16(3)20-21(17-10-12-19(27-4)13-11-17)24-25(22(20)26)18-8-6-5-7-9-18/h5-13,15,24H,14H2,1-4H3. The van der Waals surface area contributed by atoms with Crippen LogP contribution in [0.25, 0.3) is 16.9 Å². The fourth-order valence-electron chi connectivity index (χ4n) is 2.90. The summed E-state index contributed by atoms with van der Waals surface area (Å²) in [4.78, 5) is 17.8. The molecule has 0 amide bonds. The molecule has 0 radical (unpaired) electrons. The van der Waals surface area contributed by atoms with Crippen molar-refractivity contribution in [2.24, 2.45) is 10.9 Å². The maximum Gasteiger partial charge on any atom is 0.280 e. The second kappa shape index (κ2) is 8.08. The molecule has 1 heterocycles. The SMILES string of the molecule is COc1ccc(-c2[nH]n(-c3ccccc3)c(=O)c2C(C)=NCC(C)C)cc1. The van der Waals surface area contributed by atoms with Gasteiger partial charge in [0.2, 0.25) is 0 Å². The first-order chi connectivity index (χ1) is 13.0. The van der Waals surface area contributed by atoms with E-state index in [-0.39, 0.29) is 5.56 Å². The smallest absolute Gasteiger partial charge is 0.280 e. The van der Waals surface area contributed by atoms with Crippen LogP contribution in [0.15, 0.2) is 64.4 Å². The first-order valence-corrected chi connectivity index (χ1v) is 9.07. The highest BCUT2D eigenvalue weighted by atomic mass is 16.5. The van der Waals surface area contributed by atoms with Gasteiger partial charge in [-0.25, -0.2) is 4.68 Å². The Labute approximate surface area is 159 Å². The van der Waals surface area contributed by atoms with Crippen LogP contribution in [0.4, 0.5) is 0 Å². The fraction of sp³-hybridized carbons (Fsp3) is 0.273. The minimum absolute atomic E-state index is 0.1000. The van der Waals surface area contributed by atoms with Gasteiger partial charge in [-0.1, -0.05) is 32.0 Å². The maximum atomic E-state index is 13.2. The van der Waals surface area contributed by atoms with Crippen LogP contribution < -0.4 is 10.3 Å². The second-order valence-electron chi connectivity index (χ2n) is 6.89. The van der Waals surface area contributed by atoms with Crippen molar-refractivity contribution in [3.63, 3.8) is 0 Å². The number of para-hydroxylation sites is 1. The van der Waals surface area contributed by atoms with Gasteiger partial charge >= 0.3 is 0 Å². The third-order valence-electron chi connectivity index (χ3n) is 4.34. The maximum absolute atomic E-state index is 13.2. The Kier molecular flexibility index (Phi) is 5.60. The van der Waals surface area contributed by atoms with Crippen LogP contribution in [0.2, 0.25) is 0 Å². The lowest BCUT2D eigenvalue weighted by Gasteiger charge is -2.05. The molecule has 0 atom stereocenters. The zero-order valence-electron chi connectivity index (χ0n) is 16.2. The highest BCUT2D eigenvalue weighted by Gasteiger charge is 2.19. The Bertz CT molecular complexity index is 981. The largest absolute Gasteiger partial charge is 0.497 e. The quantitative estimate of drug-likeness (QED) is 0.664. The number of benzene rings is 2. The van der Waals surface area contributed by atoms with Crippen molar-refractivity contribution in [1.29, 1.82) is 0 Å². The molecule has 0 saturated heterocycles. The zero-order valence-corrected chi connectivity index (χ0v) is 16.2. The molecule has 0 aliphatic rings. The summed E-state index contributed by atoms with van der Waals surface area (Å²) in [5, 5.41) is 3.27. The zero-order chi connectivity index (χ0) is 19.4. The number of aromatic amines is 1. The van der Waals surface area contributed by atoms with E-state index in [0.717, 1.165) is 28.4 Å². The van der Waals surface area contributed by atoms with Crippen LogP contribution in [0.5, 0.6) is 5.75 Å². The molecular formula is C22H25N3O2. The van der Waals surface area contributed by atoms with Gasteiger partial charge < -0.3 is 4.74 Å². The number of hydrogen-bond acceptors (Lipinski definition) is 3. The fourth-order valence-corrected chi connectivity index (χ4v) is 2.90. The van der Waals surface area contributed by atoms with E-state index in [0.29, 0.717) is 18.0 Å². The van der Waals surface area contributed by atoms with Gasteiger partial charge in [0.05, 0.1) is 24.1 Å². The number of nitrogens with zero attached hydrogens (tertiary/aromatic N) is 2. The lowest BCUT2D eigenvalue weighted by molar-refractivity contribution is 0.415. The minimum atomic E-state index is -0.1000. The number of methoxy groups -OCH3 is 1. The third kappa shape index (κ3) is 4.03. The Morgan fingerprint density at radius 2 is 1.78 bits per heavy atom. The van der Waals surface area contributed by atoms with Crippen molar-refractivity contribution in [3.8, 4) is 22.7 Å². The number of aliphatic imine (C=N–C) groups is 1. The van der Waals surface area contributed by atoms with Crippen LogP contribution in [0, 0.1) is 5.92 Å². The van der Waals surface area contributed by atoms with E-state index in [9.17, 15) is 4.79 Å². The van der Waals surface area contributed by atoms with Crippen LogP contribution in [0.1, 0.15) is 26.3 Å². The number of hydrogen-bond donors (Lipinski definition) is 1. The molecule has 0 unspecified atom stereocenters. The van der Waals surface area contributed by atoms with Crippen molar-refractivity contribution in [1.82, 2.24) is 9.78 Å². The molecule has 0 aliphatic carbocycles.